The molecule has 3 fully saturated rings. The summed E-state index contributed by atoms with van der Waals surface area (Å²) in [5.41, 5.74) is 0.152. The molecule has 3 aromatic rings. The van der Waals surface area contributed by atoms with Crippen molar-refractivity contribution in [2.45, 2.75) is 134 Å². The lowest BCUT2D eigenvalue weighted by Gasteiger charge is -2.29. The average molecular weight is 939 g/mol. The summed E-state index contributed by atoms with van der Waals surface area (Å²) in [5.74, 6) is -1.56. The van der Waals surface area contributed by atoms with Crippen LogP contribution in [0.1, 0.15) is 98.3 Å². The molecule has 2 aliphatic heterocycles. The van der Waals surface area contributed by atoms with Crippen molar-refractivity contribution < 1.29 is 52.1 Å². The third kappa shape index (κ3) is 11.4. The number of benzene rings is 1. The van der Waals surface area contributed by atoms with Crippen LogP contribution in [0.5, 0.6) is 11.5 Å². The number of nitrogens with one attached hydrogen (secondary N) is 2. The van der Waals surface area contributed by atoms with Crippen LogP contribution < -0.4 is 25.0 Å². The zero-order chi connectivity index (χ0) is 46.3. The normalized spacial score (nSPS) is 24.7. The molecule has 2 aliphatic carbocycles. The molecule has 17 nitrogen and oxygen atoms in total. The van der Waals surface area contributed by atoms with E-state index in [1.807, 2.05) is 42.3 Å². The first-order valence-corrected chi connectivity index (χ1v) is 25.6. The van der Waals surface area contributed by atoms with Gasteiger partial charge in [-0.05, 0) is 91.2 Å². The number of anilines is 1. The number of allylic oxidation sites excluding steroid dienone is 1. The molecule has 1 aromatic carbocycles. The fourth-order valence-corrected chi connectivity index (χ4v) is 11.6. The van der Waals surface area contributed by atoms with E-state index in [0.717, 1.165) is 44.9 Å². The fourth-order valence-electron chi connectivity index (χ4n) is 9.07. The summed E-state index contributed by atoms with van der Waals surface area (Å²) in [7, 11) is -1.74. The van der Waals surface area contributed by atoms with Crippen LogP contribution in [0, 0.1) is 5.92 Å². The van der Waals surface area contributed by atoms with Gasteiger partial charge in [0, 0.05) is 47.8 Å². The maximum atomic E-state index is 14.7. The highest BCUT2D eigenvalue weighted by Gasteiger charge is 2.61. The van der Waals surface area contributed by atoms with Gasteiger partial charge in [0.25, 0.3) is 0 Å². The van der Waals surface area contributed by atoms with Crippen molar-refractivity contribution in [2.75, 3.05) is 44.5 Å². The zero-order valence-corrected chi connectivity index (χ0v) is 39.7. The van der Waals surface area contributed by atoms with Gasteiger partial charge in [0.2, 0.25) is 11.8 Å². The van der Waals surface area contributed by atoms with Crippen LogP contribution in [0.2, 0.25) is 0 Å². The smallest absolute Gasteiger partial charge is 0.408 e. The number of nitrogens with zero attached hydrogens (tertiary/aromatic N) is 4. The number of carboxylic acids is 1. The average Bonchev–Trinajstić information content (AvgIpc) is 3.71. The van der Waals surface area contributed by atoms with Crippen molar-refractivity contribution in [3.63, 3.8) is 0 Å². The Morgan fingerprint density at radius 3 is 2.49 bits per heavy atom. The van der Waals surface area contributed by atoms with Gasteiger partial charge >= 0.3 is 19.7 Å². The van der Waals surface area contributed by atoms with Gasteiger partial charge in [-0.15, -0.1) is 11.3 Å². The first-order chi connectivity index (χ1) is 31.3. The number of aliphatic carboxylic acids is 1. The van der Waals surface area contributed by atoms with Crippen molar-refractivity contribution in [1.29, 1.82) is 0 Å². The van der Waals surface area contributed by atoms with Gasteiger partial charge in [0.1, 0.15) is 47.0 Å². The minimum absolute atomic E-state index is 0.00811. The van der Waals surface area contributed by atoms with E-state index in [2.05, 4.69) is 10.6 Å². The maximum Gasteiger partial charge on any atom is 0.408 e. The number of pyridine rings is 1. The van der Waals surface area contributed by atoms with Crippen molar-refractivity contribution >= 4 is 58.8 Å². The number of carboxylic acid groups (broad SMARTS) is 1. The number of thiazole rings is 1. The Morgan fingerprint density at radius 1 is 1.03 bits per heavy atom. The monoisotopic (exact) mass is 938 g/mol. The quantitative estimate of drug-likeness (QED) is 0.0929. The van der Waals surface area contributed by atoms with Gasteiger partial charge < -0.3 is 48.8 Å². The van der Waals surface area contributed by atoms with E-state index < -0.39 is 55.2 Å². The van der Waals surface area contributed by atoms with E-state index in [0.29, 0.717) is 58.3 Å². The van der Waals surface area contributed by atoms with E-state index in [1.165, 1.54) is 16.2 Å². The number of aromatic nitrogens is 2. The predicted octanol–water partition coefficient (Wildman–Crippen LogP) is 7.71. The van der Waals surface area contributed by atoms with Crippen LogP contribution in [0.25, 0.3) is 22.3 Å². The SMILES string of the molecule is CCOP(=O)(CCN(c1nc(-c2cc(O[C@@H]3C[C@H]4C(=O)N[C@]5(C(=O)O)C[C@@H]5/C=C\CCCCC[C@H](NC(=O)OC5CCCC5)C(=O)N4C3)c3ccc(OC)cc3n2)cs1)C(C)C)OCC. The molecule has 0 radical (unpaired) electrons. The van der Waals surface area contributed by atoms with Crippen molar-refractivity contribution in [1.82, 2.24) is 25.5 Å². The van der Waals surface area contributed by atoms with Crippen LogP contribution >= 0.6 is 18.9 Å². The lowest BCUT2D eigenvalue weighted by molar-refractivity contribution is -0.145. The molecule has 0 spiro atoms. The Bertz CT molecular complexity index is 2260. The highest BCUT2D eigenvalue weighted by atomic mass is 32.1. The molecule has 2 aromatic heterocycles. The van der Waals surface area contributed by atoms with Crippen LogP contribution in [-0.4, -0.2) is 119 Å². The number of methoxy groups -OCH3 is 1. The number of carbonyl (C=O) groups is 4. The Balaban J connectivity index is 1.19. The molecular formula is C46H63N6O11PS. The number of hydrogen-bond donors (Lipinski definition) is 3. The summed E-state index contributed by atoms with van der Waals surface area (Å²) in [6.07, 6.45) is 9.53. The van der Waals surface area contributed by atoms with Gasteiger partial charge in [0.05, 0.1) is 44.2 Å². The number of hydrogen-bond acceptors (Lipinski definition) is 14. The number of rotatable bonds is 16. The Morgan fingerprint density at radius 2 is 1.78 bits per heavy atom. The van der Waals surface area contributed by atoms with E-state index in [4.69, 9.17) is 33.2 Å². The van der Waals surface area contributed by atoms with E-state index in [1.54, 1.807) is 39.2 Å². The minimum atomic E-state index is -3.31. The molecule has 3 amide bonds. The second-order valence-corrected chi connectivity index (χ2v) is 20.5. The Kier molecular flexibility index (Phi) is 15.7. The lowest BCUT2D eigenvalue weighted by Crippen LogP contribution is -2.56. The van der Waals surface area contributed by atoms with E-state index in [9.17, 15) is 28.8 Å². The second-order valence-electron chi connectivity index (χ2n) is 17.5. The topological polar surface area (TPSA) is 208 Å². The number of fused-ring (bicyclic) bond motifs is 3. The number of carbonyl (C=O) groups excluding carboxylic acids is 3. The van der Waals surface area contributed by atoms with Gasteiger partial charge in [-0.25, -0.2) is 19.6 Å². The molecule has 4 aliphatic rings. The molecule has 65 heavy (non-hydrogen) atoms. The Hall–Kier alpha value is -4.77. The predicted molar refractivity (Wildman–Crippen MR) is 247 cm³/mol. The summed E-state index contributed by atoms with van der Waals surface area (Å²) >= 11 is 1.42. The largest absolute Gasteiger partial charge is 0.497 e. The molecule has 2 saturated carbocycles. The molecule has 4 heterocycles. The number of ether oxygens (including phenoxy) is 3. The number of alkyl carbamates (subject to hydrolysis) is 1. The van der Waals surface area contributed by atoms with Crippen LogP contribution in [0.15, 0.2) is 41.8 Å². The van der Waals surface area contributed by atoms with Crippen molar-refractivity contribution in [2.24, 2.45) is 5.92 Å². The maximum absolute atomic E-state index is 14.7. The minimum Gasteiger partial charge on any atom is -0.497 e. The van der Waals surface area contributed by atoms with E-state index in [-0.39, 0.29) is 56.8 Å². The zero-order valence-electron chi connectivity index (χ0n) is 38.0. The third-order valence-electron chi connectivity index (χ3n) is 12.7. The first-order valence-electron chi connectivity index (χ1n) is 23.0. The molecule has 0 unspecified atom stereocenters. The van der Waals surface area contributed by atoms with Crippen LogP contribution in [-0.2, 0) is 32.7 Å². The summed E-state index contributed by atoms with van der Waals surface area (Å²) in [6.45, 7) is 8.54. The standard InChI is InChI=1S/C46H63N6O11PS/c1-6-60-64(58,61-7-2)22-21-51(29(3)4)44-48-38(28-65-44)37-25-40(34-20-19-32(59-5)23-36(34)47-37)62-33-24-39-41(53)50-46(43(55)56)26-30(46)15-11-9-8-10-12-18-35(42(54)52(39)27-33)49-45(57)63-31-16-13-14-17-31/h11,15,19-20,23,25,28-31,33,35,39H,6-10,12-14,16-18,21-22,24,26-27H2,1-5H3,(H,49,57)(H,50,53)(H,55,56)/b15-11-/t30-,33+,35-,39-,46+/m0/s1. The van der Waals surface area contributed by atoms with Gasteiger partial charge in [-0.3, -0.25) is 14.2 Å². The summed E-state index contributed by atoms with van der Waals surface area (Å²) in [6, 6.07) is 5.15. The molecule has 3 N–H and O–H groups in total. The van der Waals surface area contributed by atoms with Crippen LogP contribution in [0.4, 0.5) is 9.93 Å². The second kappa shape index (κ2) is 21.2. The molecular weight excluding hydrogens is 876 g/mol. The summed E-state index contributed by atoms with van der Waals surface area (Å²) in [5, 5.41) is 19.3. The number of amides is 3. The molecule has 1 saturated heterocycles. The van der Waals surface area contributed by atoms with Gasteiger partial charge in [-0.1, -0.05) is 25.0 Å². The third-order valence-corrected chi connectivity index (χ3v) is 15.6. The molecule has 19 heteroatoms. The van der Waals surface area contributed by atoms with E-state index >= 15 is 0 Å². The first kappa shape index (κ1) is 48.2. The lowest BCUT2D eigenvalue weighted by atomic mass is 10.0. The highest BCUT2D eigenvalue weighted by Crippen LogP contribution is 2.48. The van der Waals surface area contributed by atoms with Gasteiger partial charge in [-0.2, -0.15) is 0 Å². The van der Waals surface area contributed by atoms with Gasteiger partial charge in [0.15, 0.2) is 5.13 Å². The van der Waals surface area contributed by atoms with Crippen LogP contribution in [0.3, 0.4) is 0 Å². The highest BCUT2D eigenvalue weighted by molar-refractivity contribution is 7.53. The summed E-state index contributed by atoms with van der Waals surface area (Å²) < 4.78 is 42.5. The molecule has 5 atom stereocenters. The fraction of sp³-hybridized carbons (Fsp3) is 0.609. The molecule has 354 valence electrons. The van der Waals surface area contributed by atoms with Crippen molar-refractivity contribution in [3.05, 3.63) is 41.8 Å². The molecule has 0 bridgehead atoms. The van der Waals surface area contributed by atoms with Crippen molar-refractivity contribution in [3.8, 4) is 22.9 Å². The molecule has 7 rings (SSSR count). The summed E-state index contributed by atoms with van der Waals surface area (Å²) in [4.78, 5) is 68.4. The Labute approximate surface area is 384 Å².